The number of ether oxygens (including phenoxy) is 2. The second-order valence-electron chi connectivity index (χ2n) is 11.5. The molecule has 0 aliphatic heterocycles. The van der Waals surface area contributed by atoms with Crippen molar-refractivity contribution in [2.24, 2.45) is 5.41 Å². The predicted molar refractivity (Wildman–Crippen MR) is 169 cm³/mol. The Morgan fingerprint density at radius 3 is 2.07 bits per heavy atom. The molecule has 230 valence electrons. The van der Waals surface area contributed by atoms with Crippen LogP contribution in [0.25, 0.3) is 11.1 Å². The molecule has 0 aliphatic carbocycles. The largest absolute Gasteiger partial charge is 0.500 e. The van der Waals surface area contributed by atoms with Gasteiger partial charge in [0.2, 0.25) is 0 Å². The zero-order valence-corrected chi connectivity index (χ0v) is 26.5. The first-order valence-corrected chi connectivity index (χ1v) is 15.6. The Kier molecular flexibility index (Phi) is 12.9. The Hall–Kier alpha value is -3.58. The van der Waals surface area contributed by atoms with E-state index >= 15 is 0 Å². The zero-order chi connectivity index (χ0) is 31.3. The van der Waals surface area contributed by atoms with Gasteiger partial charge in [0.15, 0.2) is 0 Å². The lowest BCUT2D eigenvalue weighted by molar-refractivity contribution is -0.302. The van der Waals surface area contributed by atoms with Crippen molar-refractivity contribution in [3.63, 3.8) is 0 Å². The number of amides is 1. The van der Waals surface area contributed by atoms with Crippen molar-refractivity contribution in [2.75, 3.05) is 11.9 Å². The van der Waals surface area contributed by atoms with Crippen LogP contribution in [0.5, 0.6) is 5.75 Å². The van der Waals surface area contributed by atoms with Gasteiger partial charge in [0.1, 0.15) is 5.75 Å². The highest BCUT2D eigenvalue weighted by Gasteiger charge is 2.41. The zero-order valence-electron chi connectivity index (χ0n) is 25.5. The molecule has 1 amide bonds. The number of para-hydroxylation sites is 1. The first-order valence-electron chi connectivity index (χ1n) is 14.8. The van der Waals surface area contributed by atoms with Gasteiger partial charge in [-0.05, 0) is 78.8 Å². The van der Waals surface area contributed by atoms with Crippen LogP contribution in [0.15, 0.2) is 72.8 Å². The summed E-state index contributed by atoms with van der Waals surface area (Å²) in [5, 5.41) is 13.7. The van der Waals surface area contributed by atoms with E-state index in [1.54, 1.807) is 57.2 Å². The molecular formula is C34H43NO7P+. The van der Waals surface area contributed by atoms with Gasteiger partial charge in [-0.1, -0.05) is 86.0 Å². The standard InChI is InChI=1S/C34H42NO7P/c1-5-6-7-8-9-12-23-40-29-21-19-26(20-22-29)25-15-17-27(18-16-25)31(36)35-30-14-11-10-13-28(30)24-34(38,42-43-39)41-32(37)33(2,3)4/h10-11,13-22,38,43H,5-9,12,23-24H2,1-4H3/p+1. The van der Waals surface area contributed by atoms with Gasteiger partial charge in [0.25, 0.3) is 5.91 Å². The third-order valence-electron chi connectivity index (χ3n) is 6.85. The van der Waals surface area contributed by atoms with E-state index in [1.807, 2.05) is 36.4 Å². The lowest BCUT2D eigenvalue weighted by Crippen LogP contribution is -2.41. The van der Waals surface area contributed by atoms with Crippen molar-refractivity contribution in [2.45, 2.75) is 78.6 Å². The summed E-state index contributed by atoms with van der Waals surface area (Å²) in [6, 6.07) is 21.9. The summed E-state index contributed by atoms with van der Waals surface area (Å²) in [6.45, 7) is 7.80. The first kappa shape index (κ1) is 33.9. The van der Waals surface area contributed by atoms with Crippen molar-refractivity contribution in [3.8, 4) is 16.9 Å². The molecule has 2 atom stereocenters. The van der Waals surface area contributed by atoms with Crippen molar-refractivity contribution in [1.82, 2.24) is 0 Å². The number of unbranched alkanes of at least 4 members (excludes halogenated alkanes) is 5. The third kappa shape index (κ3) is 10.9. The minimum Gasteiger partial charge on any atom is -0.494 e. The van der Waals surface area contributed by atoms with Gasteiger partial charge in [-0.25, -0.2) is 0 Å². The molecule has 0 spiro atoms. The number of hydrogen-bond donors (Lipinski definition) is 2. The Balaban J connectivity index is 1.61. The molecule has 2 N–H and O–H groups in total. The van der Waals surface area contributed by atoms with Crippen LogP contribution < -0.4 is 10.1 Å². The quantitative estimate of drug-likeness (QED) is 0.0732. The number of nitrogens with one attached hydrogen (secondary N) is 1. The van der Waals surface area contributed by atoms with E-state index in [2.05, 4.69) is 12.2 Å². The van der Waals surface area contributed by atoms with Gasteiger partial charge in [-0.2, -0.15) is 0 Å². The van der Waals surface area contributed by atoms with E-state index in [-0.39, 0.29) is 12.3 Å². The van der Waals surface area contributed by atoms with Crippen LogP contribution in [0.4, 0.5) is 5.69 Å². The molecule has 3 aromatic rings. The fourth-order valence-electron chi connectivity index (χ4n) is 4.32. The maximum absolute atomic E-state index is 13.1. The number of benzene rings is 3. The average Bonchev–Trinajstić information content (AvgIpc) is 2.97. The van der Waals surface area contributed by atoms with Crippen LogP contribution in [0.3, 0.4) is 0 Å². The highest BCUT2D eigenvalue weighted by atomic mass is 31.1. The number of aliphatic hydroxyl groups is 1. The number of rotatable bonds is 16. The minimum atomic E-state index is -2.47. The summed E-state index contributed by atoms with van der Waals surface area (Å²) in [7, 11) is -1.37. The van der Waals surface area contributed by atoms with E-state index in [4.69, 9.17) is 14.0 Å². The van der Waals surface area contributed by atoms with Crippen molar-refractivity contribution < 1.29 is 33.3 Å². The molecule has 2 unspecified atom stereocenters. The van der Waals surface area contributed by atoms with Crippen LogP contribution >= 0.6 is 8.69 Å². The predicted octanol–water partition coefficient (Wildman–Crippen LogP) is 8.08. The Morgan fingerprint density at radius 2 is 1.44 bits per heavy atom. The molecule has 9 heteroatoms. The molecule has 3 aromatic carbocycles. The van der Waals surface area contributed by atoms with Gasteiger partial charge in [-0.15, -0.1) is 0 Å². The minimum absolute atomic E-state index is 0.349. The molecule has 0 heterocycles. The Morgan fingerprint density at radius 1 is 0.837 bits per heavy atom. The molecular weight excluding hydrogens is 565 g/mol. The normalized spacial score (nSPS) is 12.9. The number of hydrogen-bond acceptors (Lipinski definition) is 7. The van der Waals surface area contributed by atoms with E-state index in [9.17, 15) is 19.3 Å². The molecule has 0 saturated heterocycles. The Bertz CT molecular complexity index is 1340. The second-order valence-corrected chi connectivity index (χ2v) is 11.9. The highest BCUT2D eigenvalue weighted by Crippen LogP contribution is 2.29. The maximum Gasteiger partial charge on any atom is 0.500 e. The van der Waals surface area contributed by atoms with Gasteiger partial charge < -0.3 is 19.9 Å². The van der Waals surface area contributed by atoms with Crippen LogP contribution in [0.1, 0.15) is 82.1 Å². The van der Waals surface area contributed by atoms with Gasteiger partial charge >= 0.3 is 20.6 Å². The van der Waals surface area contributed by atoms with E-state index < -0.39 is 26.0 Å². The number of carbonyl (C=O) groups excluding carboxylic acids is 2. The molecule has 3 rings (SSSR count). The van der Waals surface area contributed by atoms with Gasteiger partial charge in [0.05, 0.1) is 18.4 Å². The third-order valence-corrected chi connectivity index (χ3v) is 7.25. The summed E-state index contributed by atoms with van der Waals surface area (Å²) in [5.41, 5.74) is 2.29. The summed E-state index contributed by atoms with van der Waals surface area (Å²) in [4.78, 5) is 25.5. The first-order chi connectivity index (χ1) is 20.5. The molecule has 0 aliphatic rings. The molecule has 0 fully saturated rings. The summed E-state index contributed by atoms with van der Waals surface area (Å²) >= 11 is 0. The summed E-state index contributed by atoms with van der Waals surface area (Å²) in [6.07, 6.45) is 6.99. The van der Waals surface area contributed by atoms with Gasteiger partial charge in [0, 0.05) is 11.3 Å². The molecule has 0 aromatic heterocycles. The van der Waals surface area contributed by atoms with E-state index in [1.165, 1.54) is 32.1 Å². The lowest BCUT2D eigenvalue weighted by Gasteiger charge is -2.26. The average molecular weight is 609 g/mol. The number of anilines is 1. The maximum atomic E-state index is 13.1. The topological polar surface area (TPSA) is 111 Å². The van der Waals surface area contributed by atoms with Crippen molar-refractivity contribution in [1.29, 1.82) is 0 Å². The fraction of sp³-hybridized carbons (Fsp3) is 0.412. The smallest absolute Gasteiger partial charge is 0.494 e. The van der Waals surface area contributed by atoms with E-state index in [0.29, 0.717) is 23.4 Å². The Labute approximate surface area is 256 Å². The number of carbonyl (C=O) groups is 2. The fourth-order valence-corrected chi connectivity index (χ4v) is 4.56. The van der Waals surface area contributed by atoms with Crippen LogP contribution in [-0.2, 0) is 25.0 Å². The van der Waals surface area contributed by atoms with Crippen molar-refractivity contribution >= 4 is 26.3 Å². The monoisotopic (exact) mass is 608 g/mol. The number of esters is 1. The highest BCUT2D eigenvalue weighted by molar-refractivity contribution is 7.17. The molecule has 43 heavy (non-hydrogen) atoms. The summed E-state index contributed by atoms with van der Waals surface area (Å²) < 4.78 is 27.2. The molecule has 0 bridgehead atoms. The second kappa shape index (κ2) is 16.3. The molecule has 0 saturated carbocycles. The molecule has 0 radical (unpaired) electrons. The van der Waals surface area contributed by atoms with Crippen LogP contribution in [0.2, 0.25) is 0 Å². The van der Waals surface area contributed by atoms with Crippen LogP contribution in [-0.4, -0.2) is 29.6 Å². The SMILES string of the molecule is CCCCCCCCOc1ccc(-c2ccc(C(=O)Nc3ccccc3CC(O)(O[PH+]=O)OC(=O)C(C)(C)C)cc2)cc1. The summed E-state index contributed by atoms with van der Waals surface area (Å²) in [5.74, 6) is -2.72. The van der Waals surface area contributed by atoms with Gasteiger partial charge in [-0.3, -0.25) is 9.59 Å². The van der Waals surface area contributed by atoms with Crippen molar-refractivity contribution in [3.05, 3.63) is 83.9 Å². The molecule has 8 nitrogen and oxygen atoms in total. The van der Waals surface area contributed by atoms with Crippen LogP contribution in [0, 0.1) is 5.41 Å². The van der Waals surface area contributed by atoms with E-state index in [0.717, 1.165) is 23.3 Å². The lowest BCUT2D eigenvalue weighted by atomic mass is 9.97.